The van der Waals surface area contributed by atoms with Gasteiger partial charge in [0, 0.05) is 24.7 Å². The number of benzene rings is 1. The number of halogens is 1. The average Bonchev–Trinajstić information content (AvgIpc) is 3.50. The van der Waals surface area contributed by atoms with Crippen LogP contribution in [0.15, 0.2) is 53.6 Å². The summed E-state index contributed by atoms with van der Waals surface area (Å²) < 4.78 is 48.0. The molecule has 2 fully saturated rings. The molecule has 2 aromatic heterocycles. The van der Waals surface area contributed by atoms with Crippen LogP contribution >= 0.6 is 0 Å². The number of nitrogens with two attached hydrogens (primary N) is 1. The number of carbonyl (C=O) groups is 1. The molecule has 2 aliphatic rings. The summed E-state index contributed by atoms with van der Waals surface area (Å²) in [6.07, 6.45) is 3.19. The minimum absolute atomic E-state index is 0.0191. The SMILES string of the molecule is CC(C)COc1cc(F)cc(-c2ccc(C(=O)NS(=O)(=O)c3cccc(N)n3)c(N3CCC4(CC4)C3)n2)c1. The lowest BCUT2D eigenvalue weighted by atomic mass is 10.1. The lowest BCUT2D eigenvalue weighted by Crippen LogP contribution is -2.33. The molecule has 1 saturated carbocycles. The van der Waals surface area contributed by atoms with Crippen LogP contribution < -0.4 is 20.1 Å². The van der Waals surface area contributed by atoms with Crippen LogP contribution in [0.5, 0.6) is 5.75 Å². The Morgan fingerprint density at radius 2 is 1.95 bits per heavy atom. The summed E-state index contributed by atoms with van der Waals surface area (Å²) >= 11 is 0. The highest BCUT2D eigenvalue weighted by Crippen LogP contribution is 2.53. The fourth-order valence-corrected chi connectivity index (χ4v) is 5.54. The quantitative estimate of drug-likeness (QED) is 0.440. The number of aromatic nitrogens is 2. The zero-order chi connectivity index (χ0) is 27.1. The number of hydrogen-bond acceptors (Lipinski definition) is 8. The number of nitrogen functional groups attached to an aromatic ring is 1. The van der Waals surface area contributed by atoms with E-state index in [0.29, 0.717) is 36.0 Å². The topological polar surface area (TPSA) is 128 Å². The van der Waals surface area contributed by atoms with Gasteiger partial charge in [-0.3, -0.25) is 4.79 Å². The molecule has 0 bridgehead atoms. The molecule has 3 heterocycles. The third kappa shape index (κ3) is 5.57. The first-order valence-corrected chi connectivity index (χ1v) is 14.0. The molecule has 1 aliphatic heterocycles. The number of nitrogens with zero attached hydrogens (tertiary/aromatic N) is 3. The maximum absolute atomic E-state index is 14.5. The molecule has 0 radical (unpaired) electrons. The maximum atomic E-state index is 14.5. The average molecular weight is 540 g/mol. The number of pyridine rings is 2. The van der Waals surface area contributed by atoms with Gasteiger partial charge in [0.15, 0.2) is 5.03 Å². The van der Waals surface area contributed by atoms with E-state index in [1.807, 2.05) is 18.7 Å². The normalized spacial score (nSPS) is 16.2. The summed E-state index contributed by atoms with van der Waals surface area (Å²) in [6.45, 7) is 5.85. The van der Waals surface area contributed by atoms with Crippen LogP contribution in [-0.4, -0.2) is 44.0 Å². The summed E-state index contributed by atoms with van der Waals surface area (Å²) in [4.78, 5) is 23.9. The number of hydrogen-bond donors (Lipinski definition) is 2. The summed E-state index contributed by atoms with van der Waals surface area (Å²) in [7, 11) is -4.27. The standard InChI is InChI=1S/C27H30FN5O4S/c1-17(2)15-37-20-13-18(12-19(28)14-20)22-7-6-21(25(30-22)33-11-10-27(16-33)8-9-27)26(34)32-38(35,36)24-5-3-4-23(29)31-24/h3-7,12-14,17H,8-11,15-16H2,1-2H3,(H2,29,31)(H,32,34). The monoisotopic (exact) mass is 539 g/mol. The highest BCUT2D eigenvalue weighted by atomic mass is 32.2. The molecule has 3 N–H and O–H groups in total. The third-order valence-corrected chi connectivity index (χ3v) is 8.04. The molecule has 1 spiro atoms. The van der Waals surface area contributed by atoms with Crippen molar-refractivity contribution in [2.45, 2.75) is 38.1 Å². The van der Waals surface area contributed by atoms with Crippen molar-refractivity contribution in [3.05, 3.63) is 59.9 Å². The van der Waals surface area contributed by atoms with Crippen molar-refractivity contribution in [2.24, 2.45) is 11.3 Å². The van der Waals surface area contributed by atoms with Gasteiger partial charge in [-0.15, -0.1) is 0 Å². The van der Waals surface area contributed by atoms with Gasteiger partial charge in [-0.05, 0) is 67.0 Å². The largest absolute Gasteiger partial charge is 0.493 e. The molecule has 1 aliphatic carbocycles. The predicted molar refractivity (Wildman–Crippen MR) is 142 cm³/mol. The molecular weight excluding hydrogens is 509 g/mol. The van der Waals surface area contributed by atoms with Crippen LogP contribution in [0.3, 0.4) is 0 Å². The molecule has 11 heteroatoms. The fraction of sp³-hybridized carbons (Fsp3) is 0.370. The van der Waals surface area contributed by atoms with Crippen LogP contribution in [0.1, 0.15) is 43.5 Å². The van der Waals surface area contributed by atoms with Gasteiger partial charge in [-0.2, -0.15) is 8.42 Å². The van der Waals surface area contributed by atoms with E-state index in [9.17, 15) is 17.6 Å². The van der Waals surface area contributed by atoms with E-state index in [4.69, 9.17) is 15.5 Å². The van der Waals surface area contributed by atoms with Crippen LogP contribution in [0.4, 0.5) is 16.0 Å². The van der Waals surface area contributed by atoms with Crippen molar-refractivity contribution in [2.75, 3.05) is 30.3 Å². The van der Waals surface area contributed by atoms with E-state index >= 15 is 0 Å². The first kappa shape index (κ1) is 25.9. The van der Waals surface area contributed by atoms with Crippen LogP contribution in [0.2, 0.25) is 0 Å². The van der Waals surface area contributed by atoms with Gasteiger partial charge in [0.25, 0.3) is 15.9 Å². The minimum atomic E-state index is -4.27. The molecule has 38 heavy (non-hydrogen) atoms. The Balaban J connectivity index is 1.49. The Kier molecular flexibility index (Phi) is 6.72. The van der Waals surface area contributed by atoms with E-state index in [1.54, 1.807) is 12.1 Å². The number of amides is 1. The Hall–Kier alpha value is -3.73. The molecule has 1 saturated heterocycles. The van der Waals surface area contributed by atoms with Gasteiger partial charge in [0.2, 0.25) is 0 Å². The second-order valence-electron chi connectivity index (χ2n) is 10.5. The Labute approximate surface area is 221 Å². The lowest BCUT2D eigenvalue weighted by molar-refractivity contribution is 0.0981. The maximum Gasteiger partial charge on any atom is 0.281 e. The zero-order valence-corrected chi connectivity index (χ0v) is 22.1. The van der Waals surface area contributed by atoms with Crippen LogP contribution in [-0.2, 0) is 10.0 Å². The smallest absolute Gasteiger partial charge is 0.281 e. The second kappa shape index (κ2) is 9.86. The lowest BCUT2D eigenvalue weighted by Gasteiger charge is -2.21. The highest BCUT2D eigenvalue weighted by molar-refractivity contribution is 7.90. The molecule has 1 aromatic carbocycles. The van der Waals surface area contributed by atoms with Gasteiger partial charge in [0.1, 0.15) is 23.2 Å². The number of nitrogens with one attached hydrogen (secondary N) is 1. The third-order valence-electron chi connectivity index (χ3n) is 6.81. The first-order chi connectivity index (χ1) is 18.0. The Morgan fingerprint density at radius 1 is 1.16 bits per heavy atom. The molecule has 9 nitrogen and oxygen atoms in total. The van der Waals surface area contributed by atoms with Crippen molar-refractivity contribution in [3.63, 3.8) is 0 Å². The molecule has 0 unspecified atom stereocenters. The summed E-state index contributed by atoms with van der Waals surface area (Å²) in [6, 6.07) is 11.6. The summed E-state index contributed by atoms with van der Waals surface area (Å²) in [5.41, 5.74) is 6.89. The molecular formula is C27H30FN5O4S. The van der Waals surface area contributed by atoms with E-state index < -0.39 is 21.7 Å². The molecule has 200 valence electrons. The Morgan fingerprint density at radius 3 is 2.63 bits per heavy atom. The zero-order valence-electron chi connectivity index (χ0n) is 21.3. The number of ether oxygens (including phenoxy) is 1. The van der Waals surface area contributed by atoms with Crippen molar-refractivity contribution in [3.8, 4) is 17.0 Å². The van der Waals surface area contributed by atoms with Gasteiger partial charge >= 0.3 is 0 Å². The second-order valence-corrected chi connectivity index (χ2v) is 12.1. The molecule has 0 atom stereocenters. The van der Waals surface area contributed by atoms with Crippen molar-refractivity contribution in [1.29, 1.82) is 0 Å². The summed E-state index contributed by atoms with van der Waals surface area (Å²) in [5.74, 6) is -0.268. The van der Waals surface area contributed by atoms with Crippen molar-refractivity contribution >= 4 is 27.6 Å². The van der Waals surface area contributed by atoms with Gasteiger partial charge < -0.3 is 15.4 Å². The van der Waals surface area contributed by atoms with Crippen LogP contribution in [0, 0.1) is 17.2 Å². The number of anilines is 2. The highest BCUT2D eigenvalue weighted by Gasteiger charge is 2.48. The fourth-order valence-electron chi connectivity index (χ4n) is 4.59. The number of sulfonamides is 1. The van der Waals surface area contributed by atoms with Gasteiger partial charge in [-0.1, -0.05) is 19.9 Å². The molecule has 3 aromatic rings. The molecule has 1 amide bonds. The predicted octanol–water partition coefficient (Wildman–Crippen LogP) is 4.01. The summed E-state index contributed by atoms with van der Waals surface area (Å²) in [5, 5.41) is -0.358. The number of carbonyl (C=O) groups excluding carboxylic acids is 1. The first-order valence-electron chi connectivity index (χ1n) is 12.5. The van der Waals surface area contributed by atoms with Crippen molar-refractivity contribution < 1.29 is 22.3 Å². The van der Waals surface area contributed by atoms with Gasteiger partial charge in [0.05, 0.1) is 17.9 Å². The minimum Gasteiger partial charge on any atom is -0.493 e. The molecule has 5 rings (SSSR count). The van der Waals surface area contributed by atoms with E-state index in [0.717, 1.165) is 25.8 Å². The van der Waals surface area contributed by atoms with Gasteiger partial charge in [-0.25, -0.2) is 19.1 Å². The van der Waals surface area contributed by atoms with Crippen molar-refractivity contribution in [1.82, 2.24) is 14.7 Å². The Bertz CT molecular complexity index is 1490. The van der Waals surface area contributed by atoms with E-state index in [2.05, 4.69) is 9.71 Å². The number of rotatable bonds is 8. The van der Waals surface area contributed by atoms with E-state index in [-0.39, 0.29) is 27.7 Å². The van der Waals surface area contributed by atoms with Crippen LogP contribution in [0.25, 0.3) is 11.3 Å². The van der Waals surface area contributed by atoms with E-state index in [1.165, 1.54) is 36.4 Å².